The van der Waals surface area contributed by atoms with Gasteiger partial charge >= 0.3 is 0 Å². The van der Waals surface area contributed by atoms with E-state index < -0.39 is 0 Å². The fourth-order valence-electron chi connectivity index (χ4n) is 1.42. The molecule has 0 radical (unpaired) electrons. The number of hydrogen-bond donors (Lipinski definition) is 1. The zero-order valence-corrected chi connectivity index (χ0v) is 8.99. The van der Waals surface area contributed by atoms with Crippen LogP contribution in [0.25, 0.3) is 0 Å². The molecule has 2 aromatic rings. The highest BCUT2D eigenvalue weighted by Gasteiger charge is 2.03. The first kappa shape index (κ1) is 11.4. The summed E-state index contributed by atoms with van der Waals surface area (Å²) in [7, 11) is 0. The molecule has 0 fully saturated rings. The average molecular weight is 235 g/mol. The van der Waals surface area contributed by atoms with Crippen molar-refractivity contribution in [3.05, 3.63) is 59.7 Å². The van der Waals surface area contributed by atoms with Crippen LogP contribution in [0.3, 0.4) is 0 Å². The van der Waals surface area contributed by atoms with Crippen molar-refractivity contribution in [2.24, 2.45) is 0 Å². The fraction of sp³-hybridized carbons (Fsp3) is 0.0769. The third kappa shape index (κ3) is 2.93. The molecule has 0 saturated carbocycles. The smallest absolute Gasteiger partial charge is 0.126 e. The van der Waals surface area contributed by atoms with Crippen molar-refractivity contribution in [2.45, 2.75) is 6.61 Å². The Kier molecular flexibility index (Phi) is 3.23. The Morgan fingerprint density at radius 3 is 2.53 bits per heavy atom. The van der Waals surface area contributed by atoms with Gasteiger partial charge < -0.3 is 10.5 Å². The second kappa shape index (κ2) is 4.82. The molecule has 0 aromatic heterocycles. The maximum Gasteiger partial charge on any atom is 0.126 e. The molecule has 0 heterocycles. The Morgan fingerprint density at radius 2 is 1.76 bits per heavy atom. The lowest BCUT2D eigenvalue weighted by molar-refractivity contribution is 0.304. The second-order valence-electron chi connectivity index (χ2n) is 3.59. The van der Waals surface area contributed by atoms with Gasteiger partial charge in [-0.05, 0) is 30.3 Å². The molecule has 0 aliphatic carbocycles. The van der Waals surface area contributed by atoms with Gasteiger partial charge in [0.15, 0.2) is 0 Å². The number of rotatable bonds is 3. The fourth-order valence-corrected chi connectivity index (χ4v) is 1.42. The number of halogens is 2. The molecule has 0 unspecified atom stereocenters. The van der Waals surface area contributed by atoms with Crippen LogP contribution in [-0.4, -0.2) is 0 Å². The molecule has 0 amide bonds. The molecule has 0 atom stereocenters. The van der Waals surface area contributed by atoms with E-state index in [9.17, 15) is 8.78 Å². The molecule has 17 heavy (non-hydrogen) atoms. The Hall–Kier alpha value is -2.10. The molecule has 0 saturated heterocycles. The predicted octanol–water partition coefficient (Wildman–Crippen LogP) is 3.13. The van der Waals surface area contributed by atoms with E-state index in [1.54, 1.807) is 12.1 Å². The van der Waals surface area contributed by atoms with Gasteiger partial charge in [0, 0.05) is 17.3 Å². The normalized spacial score (nSPS) is 10.2. The number of nitrogens with two attached hydrogens (primary N) is 1. The summed E-state index contributed by atoms with van der Waals surface area (Å²) < 4.78 is 31.2. The van der Waals surface area contributed by atoms with Crippen LogP contribution in [0.5, 0.6) is 5.75 Å². The third-order valence-corrected chi connectivity index (χ3v) is 2.30. The van der Waals surface area contributed by atoms with Gasteiger partial charge in [-0.3, -0.25) is 0 Å². The monoisotopic (exact) mass is 235 g/mol. The van der Waals surface area contributed by atoms with Gasteiger partial charge in [0.2, 0.25) is 0 Å². The molecule has 2 N–H and O–H groups in total. The van der Waals surface area contributed by atoms with Gasteiger partial charge in [-0.25, -0.2) is 8.78 Å². The molecule has 0 aliphatic rings. The van der Waals surface area contributed by atoms with Crippen LogP contribution >= 0.6 is 0 Å². The molecular formula is C13H11F2NO. The van der Waals surface area contributed by atoms with E-state index in [1.165, 1.54) is 30.3 Å². The van der Waals surface area contributed by atoms with Crippen LogP contribution in [0.15, 0.2) is 42.5 Å². The molecule has 2 rings (SSSR count). The molecular weight excluding hydrogens is 224 g/mol. The Balaban J connectivity index is 2.09. The lowest BCUT2D eigenvalue weighted by atomic mass is 10.2. The van der Waals surface area contributed by atoms with Crippen molar-refractivity contribution in [2.75, 3.05) is 5.73 Å². The quantitative estimate of drug-likeness (QED) is 0.829. The maximum absolute atomic E-state index is 13.0. The summed E-state index contributed by atoms with van der Waals surface area (Å²) >= 11 is 0. The van der Waals surface area contributed by atoms with Crippen LogP contribution in [-0.2, 0) is 6.61 Å². The summed E-state index contributed by atoms with van der Waals surface area (Å²) in [6.07, 6.45) is 0. The minimum Gasteiger partial charge on any atom is -0.489 e. The van der Waals surface area contributed by atoms with Crippen LogP contribution in [0, 0.1) is 11.6 Å². The van der Waals surface area contributed by atoms with Gasteiger partial charge in [0.05, 0.1) is 0 Å². The summed E-state index contributed by atoms with van der Waals surface area (Å²) in [5, 5.41) is 0. The lowest BCUT2D eigenvalue weighted by Gasteiger charge is -2.08. The summed E-state index contributed by atoms with van der Waals surface area (Å²) in [5.41, 5.74) is 6.65. The van der Waals surface area contributed by atoms with Crippen molar-refractivity contribution in [1.82, 2.24) is 0 Å². The minimum absolute atomic E-state index is 0.104. The summed E-state index contributed by atoms with van der Waals surface area (Å²) in [4.78, 5) is 0. The number of benzene rings is 2. The van der Waals surface area contributed by atoms with E-state index in [-0.39, 0.29) is 18.2 Å². The highest BCUT2D eigenvalue weighted by molar-refractivity contribution is 5.46. The lowest BCUT2D eigenvalue weighted by Crippen LogP contribution is -2.01. The summed E-state index contributed by atoms with van der Waals surface area (Å²) in [5.74, 6) is -0.375. The number of anilines is 1. The first-order valence-corrected chi connectivity index (χ1v) is 5.07. The van der Waals surface area contributed by atoms with Crippen LogP contribution in [0.2, 0.25) is 0 Å². The summed E-state index contributed by atoms with van der Waals surface area (Å²) in [6.45, 7) is 0.104. The summed E-state index contributed by atoms with van der Waals surface area (Å²) in [6, 6.07) is 9.80. The number of ether oxygens (including phenoxy) is 1. The van der Waals surface area contributed by atoms with Crippen molar-refractivity contribution in [1.29, 1.82) is 0 Å². The first-order valence-electron chi connectivity index (χ1n) is 5.07. The van der Waals surface area contributed by atoms with E-state index in [4.69, 9.17) is 10.5 Å². The first-order chi connectivity index (χ1) is 8.15. The molecule has 4 heteroatoms. The minimum atomic E-state index is -0.380. The third-order valence-electron chi connectivity index (χ3n) is 2.30. The largest absolute Gasteiger partial charge is 0.489 e. The second-order valence-corrected chi connectivity index (χ2v) is 3.59. The van der Waals surface area contributed by atoms with E-state index in [1.807, 2.05) is 0 Å². The van der Waals surface area contributed by atoms with Gasteiger partial charge in [-0.1, -0.05) is 6.07 Å². The molecule has 0 bridgehead atoms. The van der Waals surface area contributed by atoms with Gasteiger partial charge in [0.25, 0.3) is 0 Å². The Bertz CT molecular complexity index is 529. The molecule has 0 spiro atoms. The van der Waals surface area contributed by atoms with Crippen LogP contribution in [0.1, 0.15) is 5.56 Å². The van der Waals surface area contributed by atoms with Gasteiger partial charge in [0.1, 0.15) is 24.0 Å². The van der Waals surface area contributed by atoms with Crippen molar-refractivity contribution in [3.8, 4) is 5.75 Å². The number of nitrogen functional groups attached to an aromatic ring is 1. The maximum atomic E-state index is 13.0. The Labute approximate surface area is 97.6 Å². The zero-order valence-electron chi connectivity index (χ0n) is 8.99. The van der Waals surface area contributed by atoms with Crippen LogP contribution < -0.4 is 10.5 Å². The predicted molar refractivity (Wildman–Crippen MR) is 61.5 cm³/mol. The van der Waals surface area contributed by atoms with E-state index in [2.05, 4.69) is 0 Å². The van der Waals surface area contributed by atoms with Crippen LogP contribution in [0.4, 0.5) is 14.5 Å². The SMILES string of the molecule is Nc1ccc(F)cc1COc1cccc(F)c1. The van der Waals surface area contributed by atoms with E-state index in [0.29, 0.717) is 17.0 Å². The van der Waals surface area contributed by atoms with Crippen molar-refractivity contribution in [3.63, 3.8) is 0 Å². The standard InChI is InChI=1S/C13H11F2NO/c14-10-2-1-3-12(7-10)17-8-9-6-11(15)4-5-13(9)16/h1-7H,8,16H2. The van der Waals surface area contributed by atoms with Gasteiger partial charge in [-0.2, -0.15) is 0 Å². The molecule has 0 aliphatic heterocycles. The molecule has 88 valence electrons. The van der Waals surface area contributed by atoms with Crippen molar-refractivity contribution >= 4 is 5.69 Å². The average Bonchev–Trinajstić information content (AvgIpc) is 2.30. The van der Waals surface area contributed by atoms with E-state index >= 15 is 0 Å². The van der Waals surface area contributed by atoms with E-state index in [0.717, 1.165) is 0 Å². The molecule has 2 nitrogen and oxygen atoms in total. The topological polar surface area (TPSA) is 35.2 Å². The zero-order chi connectivity index (χ0) is 12.3. The van der Waals surface area contributed by atoms with Gasteiger partial charge in [-0.15, -0.1) is 0 Å². The van der Waals surface area contributed by atoms with Crippen molar-refractivity contribution < 1.29 is 13.5 Å². The highest BCUT2D eigenvalue weighted by Crippen LogP contribution is 2.18. The molecule has 2 aromatic carbocycles. The number of hydrogen-bond acceptors (Lipinski definition) is 2. The highest BCUT2D eigenvalue weighted by atomic mass is 19.1. The Morgan fingerprint density at radius 1 is 1.00 bits per heavy atom.